The van der Waals surface area contributed by atoms with Gasteiger partial charge in [0.25, 0.3) is 0 Å². The Morgan fingerprint density at radius 3 is 2.53 bits per heavy atom. The maximum Gasteiger partial charge on any atom is 0.0506 e. The summed E-state index contributed by atoms with van der Waals surface area (Å²) in [5.74, 6) is 0.792. The van der Waals surface area contributed by atoms with E-state index in [9.17, 15) is 0 Å². The van der Waals surface area contributed by atoms with E-state index in [2.05, 4.69) is 15.1 Å². The van der Waals surface area contributed by atoms with Crippen LogP contribution in [-0.4, -0.2) is 74.9 Å². The van der Waals surface area contributed by atoms with Gasteiger partial charge < -0.3 is 15.0 Å². The highest BCUT2D eigenvalue weighted by Gasteiger charge is 2.28. The van der Waals surface area contributed by atoms with Crippen LogP contribution in [-0.2, 0) is 4.74 Å². The van der Waals surface area contributed by atoms with E-state index in [1.807, 2.05) is 0 Å². The Morgan fingerprint density at radius 1 is 1.12 bits per heavy atom. The molecule has 3 aliphatic heterocycles. The van der Waals surface area contributed by atoms with E-state index in [1.54, 1.807) is 0 Å². The molecule has 3 saturated heterocycles. The quantitative estimate of drug-likeness (QED) is 0.750. The monoisotopic (exact) mass is 239 g/mol. The maximum atomic E-state index is 5.56. The fourth-order valence-corrected chi connectivity index (χ4v) is 3.16. The molecule has 1 N–H and O–H groups in total. The molecule has 0 aromatic rings. The van der Waals surface area contributed by atoms with E-state index in [0.717, 1.165) is 25.2 Å². The fourth-order valence-electron chi connectivity index (χ4n) is 3.16. The number of piperazine rings is 1. The van der Waals surface area contributed by atoms with Crippen molar-refractivity contribution in [3.8, 4) is 0 Å². The van der Waals surface area contributed by atoms with Gasteiger partial charge in [0.1, 0.15) is 0 Å². The summed E-state index contributed by atoms with van der Waals surface area (Å²) in [5.41, 5.74) is 0. The van der Waals surface area contributed by atoms with Gasteiger partial charge >= 0.3 is 0 Å². The average molecular weight is 239 g/mol. The first-order chi connectivity index (χ1) is 8.42. The summed E-state index contributed by atoms with van der Waals surface area (Å²) >= 11 is 0. The topological polar surface area (TPSA) is 27.7 Å². The van der Waals surface area contributed by atoms with Crippen LogP contribution in [0.1, 0.15) is 12.8 Å². The number of nitrogens with one attached hydrogen (secondary N) is 1. The lowest BCUT2D eigenvalue weighted by molar-refractivity contribution is 0.0197. The molecule has 0 aromatic carbocycles. The van der Waals surface area contributed by atoms with Crippen LogP contribution in [0, 0.1) is 5.92 Å². The van der Waals surface area contributed by atoms with Crippen LogP contribution in [0.5, 0.6) is 0 Å². The zero-order valence-electron chi connectivity index (χ0n) is 10.7. The lowest BCUT2D eigenvalue weighted by atomic mass is 10.0. The van der Waals surface area contributed by atoms with E-state index in [0.29, 0.717) is 0 Å². The van der Waals surface area contributed by atoms with Crippen LogP contribution in [0.3, 0.4) is 0 Å². The number of ether oxygens (including phenoxy) is 1. The third-order valence-corrected chi connectivity index (χ3v) is 4.45. The molecule has 0 aromatic heterocycles. The molecule has 3 heterocycles. The molecule has 0 spiro atoms. The fraction of sp³-hybridized carbons (Fsp3) is 1.00. The molecule has 17 heavy (non-hydrogen) atoms. The molecule has 0 saturated carbocycles. The highest BCUT2D eigenvalue weighted by atomic mass is 16.5. The van der Waals surface area contributed by atoms with Crippen LogP contribution >= 0.6 is 0 Å². The Balaban J connectivity index is 1.38. The van der Waals surface area contributed by atoms with Crippen molar-refractivity contribution in [2.45, 2.75) is 18.9 Å². The van der Waals surface area contributed by atoms with Crippen molar-refractivity contribution in [3.63, 3.8) is 0 Å². The van der Waals surface area contributed by atoms with Crippen LogP contribution < -0.4 is 5.32 Å². The van der Waals surface area contributed by atoms with Gasteiger partial charge in [-0.1, -0.05) is 0 Å². The molecule has 3 fully saturated rings. The van der Waals surface area contributed by atoms with Gasteiger partial charge in [-0.3, -0.25) is 4.90 Å². The summed E-state index contributed by atoms with van der Waals surface area (Å²) < 4.78 is 5.56. The van der Waals surface area contributed by atoms with E-state index in [4.69, 9.17) is 4.74 Å². The second kappa shape index (κ2) is 5.65. The second-order valence-corrected chi connectivity index (χ2v) is 5.73. The van der Waals surface area contributed by atoms with Crippen molar-refractivity contribution in [1.82, 2.24) is 15.1 Å². The first kappa shape index (κ1) is 11.9. The van der Waals surface area contributed by atoms with E-state index < -0.39 is 0 Å². The lowest BCUT2D eigenvalue weighted by Crippen LogP contribution is -2.61. The van der Waals surface area contributed by atoms with Crippen molar-refractivity contribution in [2.75, 3.05) is 59.0 Å². The standard InChI is InChI=1S/C13H25N3O/c1-2-12(11-17-7-1)10-15-3-5-16(6-4-15)13-8-14-9-13/h12-14H,1-11H2. The maximum absolute atomic E-state index is 5.56. The predicted molar refractivity (Wildman–Crippen MR) is 68.2 cm³/mol. The zero-order chi connectivity index (χ0) is 11.5. The Hall–Kier alpha value is -0.160. The van der Waals surface area contributed by atoms with Gasteiger partial charge in [-0.15, -0.1) is 0 Å². The zero-order valence-corrected chi connectivity index (χ0v) is 10.7. The van der Waals surface area contributed by atoms with Crippen LogP contribution in [0.25, 0.3) is 0 Å². The molecular weight excluding hydrogens is 214 g/mol. The normalized spacial score (nSPS) is 33.5. The number of rotatable bonds is 3. The van der Waals surface area contributed by atoms with Crippen LogP contribution in [0.2, 0.25) is 0 Å². The molecule has 0 amide bonds. The molecule has 3 aliphatic rings. The van der Waals surface area contributed by atoms with Gasteiger partial charge in [-0.25, -0.2) is 0 Å². The summed E-state index contributed by atoms with van der Waals surface area (Å²) in [6.07, 6.45) is 2.63. The molecule has 1 atom stereocenters. The average Bonchev–Trinajstić information content (AvgIpc) is 2.31. The molecule has 0 aliphatic carbocycles. The number of nitrogens with zero attached hydrogens (tertiary/aromatic N) is 2. The minimum Gasteiger partial charge on any atom is -0.381 e. The molecule has 1 unspecified atom stereocenters. The molecular formula is C13H25N3O. The van der Waals surface area contributed by atoms with Crippen LogP contribution in [0.15, 0.2) is 0 Å². The van der Waals surface area contributed by atoms with Gasteiger partial charge in [0.2, 0.25) is 0 Å². The minimum absolute atomic E-state index is 0.792. The van der Waals surface area contributed by atoms with E-state index in [-0.39, 0.29) is 0 Å². The van der Waals surface area contributed by atoms with Gasteiger partial charge in [-0.2, -0.15) is 0 Å². The third-order valence-electron chi connectivity index (χ3n) is 4.45. The number of hydrogen-bond donors (Lipinski definition) is 1. The highest BCUT2D eigenvalue weighted by molar-refractivity contribution is 4.87. The second-order valence-electron chi connectivity index (χ2n) is 5.73. The Bertz CT molecular complexity index is 231. The molecule has 4 heteroatoms. The van der Waals surface area contributed by atoms with Crippen molar-refractivity contribution in [2.24, 2.45) is 5.92 Å². The smallest absolute Gasteiger partial charge is 0.0506 e. The summed E-state index contributed by atoms with van der Waals surface area (Å²) in [4.78, 5) is 5.30. The predicted octanol–water partition coefficient (Wildman–Crippen LogP) is 0.00240. The molecule has 0 radical (unpaired) electrons. The Kier molecular flexibility index (Phi) is 3.96. The number of hydrogen-bond acceptors (Lipinski definition) is 4. The molecule has 3 rings (SSSR count). The third kappa shape index (κ3) is 2.99. The van der Waals surface area contributed by atoms with Crippen LogP contribution in [0.4, 0.5) is 0 Å². The summed E-state index contributed by atoms with van der Waals surface area (Å²) in [7, 11) is 0. The lowest BCUT2D eigenvalue weighted by Gasteiger charge is -2.44. The molecule has 98 valence electrons. The SMILES string of the molecule is C1COCC(CN2CCN(C3CNC3)CC2)C1. The van der Waals surface area contributed by atoms with E-state index in [1.165, 1.54) is 58.7 Å². The van der Waals surface area contributed by atoms with Gasteiger partial charge in [0, 0.05) is 58.5 Å². The highest BCUT2D eigenvalue weighted by Crippen LogP contribution is 2.17. The Morgan fingerprint density at radius 2 is 1.94 bits per heavy atom. The largest absolute Gasteiger partial charge is 0.381 e. The van der Waals surface area contributed by atoms with E-state index >= 15 is 0 Å². The summed E-state index contributed by atoms with van der Waals surface area (Å²) in [5, 5.41) is 3.36. The van der Waals surface area contributed by atoms with Crippen molar-refractivity contribution < 1.29 is 4.74 Å². The van der Waals surface area contributed by atoms with Gasteiger partial charge in [0.05, 0.1) is 6.61 Å². The van der Waals surface area contributed by atoms with Crippen molar-refractivity contribution in [3.05, 3.63) is 0 Å². The molecule has 0 bridgehead atoms. The van der Waals surface area contributed by atoms with Crippen molar-refractivity contribution in [1.29, 1.82) is 0 Å². The van der Waals surface area contributed by atoms with Crippen molar-refractivity contribution >= 4 is 0 Å². The molecule has 4 nitrogen and oxygen atoms in total. The van der Waals surface area contributed by atoms with Gasteiger partial charge in [0.15, 0.2) is 0 Å². The minimum atomic E-state index is 0.792. The van der Waals surface area contributed by atoms with Gasteiger partial charge in [-0.05, 0) is 18.8 Å². The summed E-state index contributed by atoms with van der Waals surface area (Å²) in [6, 6.07) is 0.829. The first-order valence-electron chi connectivity index (χ1n) is 7.17. The summed E-state index contributed by atoms with van der Waals surface area (Å²) in [6.45, 7) is 10.7. The first-order valence-corrected chi connectivity index (χ1v) is 7.17. The Labute approximate surface area is 104 Å².